The number of benzene rings is 1. The Kier molecular flexibility index (Phi) is 2.80. The molecule has 4 rings (SSSR count). The Morgan fingerprint density at radius 1 is 1.32 bits per heavy atom. The minimum Gasteiger partial charge on any atom is -0.507 e. The lowest BCUT2D eigenvalue weighted by atomic mass is 9.49. The van der Waals surface area contributed by atoms with Crippen molar-refractivity contribution in [1.29, 1.82) is 0 Å². The molecule has 1 heterocycles. The fourth-order valence-electron chi connectivity index (χ4n) is 5.23. The normalized spacial score (nSPS) is 37.6. The van der Waals surface area contributed by atoms with Crippen LogP contribution in [-0.4, -0.2) is 46.1 Å². The lowest BCUT2D eigenvalue weighted by molar-refractivity contribution is -0.169. The molecule has 0 spiro atoms. The molecule has 0 amide bonds. The van der Waals surface area contributed by atoms with Crippen molar-refractivity contribution in [2.24, 2.45) is 0 Å². The van der Waals surface area contributed by atoms with E-state index in [-0.39, 0.29) is 17.6 Å². The van der Waals surface area contributed by atoms with Gasteiger partial charge in [0.1, 0.15) is 11.5 Å². The van der Waals surface area contributed by atoms with Crippen LogP contribution in [0.4, 0.5) is 0 Å². The molecule has 1 aromatic carbocycles. The van der Waals surface area contributed by atoms with Gasteiger partial charge in [0.25, 0.3) is 0 Å². The number of phenolic OH excluding ortho intramolecular Hbond substituents is 1. The molecule has 2 bridgehead atoms. The first-order valence-electron chi connectivity index (χ1n) is 8.15. The van der Waals surface area contributed by atoms with E-state index in [2.05, 4.69) is 18.0 Å². The molecule has 1 saturated heterocycles. The zero-order valence-corrected chi connectivity index (χ0v) is 13.2. The Labute approximate surface area is 130 Å². The number of likely N-dealkylation sites (tertiary alicyclic amines) is 1. The molecule has 3 atom stereocenters. The molecule has 118 valence electrons. The molecule has 0 unspecified atom stereocenters. The van der Waals surface area contributed by atoms with Crippen LogP contribution >= 0.6 is 0 Å². The van der Waals surface area contributed by atoms with Gasteiger partial charge < -0.3 is 15.1 Å². The number of phenols is 1. The maximum Gasteiger partial charge on any atom is 0.134 e. The van der Waals surface area contributed by atoms with Gasteiger partial charge in [0.2, 0.25) is 0 Å². The largest absolute Gasteiger partial charge is 0.507 e. The van der Waals surface area contributed by atoms with E-state index in [1.807, 2.05) is 13.0 Å². The standard InChI is InChI=1S/C18H23NO3/c1-11-3-4-12-9-14-18(22)6-5-13(20)10-17(18,7-8-19(14)2)15(12)16(11)21/h3-4,14,21-22H,5-10H2,1-2H3/t14-,17-,18-/m0/s1. The van der Waals surface area contributed by atoms with Crippen molar-refractivity contribution in [3.05, 3.63) is 28.8 Å². The molecule has 0 radical (unpaired) electrons. The summed E-state index contributed by atoms with van der Waals surface area (Å²) >= 11 is 0. The molecule has 22 heavy (non-hydrogen) atoms. The van der Waals surface area contributed by atoms with Crippen LogP contribution in [0.1, 0.15) is 42.4 Å². The Morgan fingerprint density at radius 2 is 2.09 bits per heavy atom. The van der Waals surface area contributed by atoms with Crippen molar-refractivity contribution in [1.82, 2.24) is 4.90 Å². The van der Waals surface area contributed by atoms with Gasteiger partial charge in [0.05, 0.1) is 5.60 Å². The van der Waals surface area contributed by atoms with Crippen molar-refractivity contribution < 1.29 is 15.0 Å². The van der Waals surface area contributed by atoms with E-state index in [4.69, 9.17) is 0 Å². The number of hydrogen-bond donors (Lipinski definition) is 2. The highest BCUT2D eigenvalue weighted by Crippen LogP contribution is 2.59. The quantitative estimate of drug-likeness (QED) is 0.765. The summed E-state index contributed by atoms with van der Waals surface area (Å²) in [6, 6.07) is 4.04. The minimum atomic E-state index is -0.911. The third-order valence-corrected chi connectivity index (χ3v) is 6.45. The topological polar surface area (TPSA) is 60.8 Å². The average molecular weight is 301 g/mol. The SMILES string of the molecule is Cc1ccc2c(c1O)[C@@]13CCN(C)[C@@H](C2)[C@@]1(O)CCC(=O)C3. The monoisotopic (exact) mass is 301 g/mol. The zero-order valence-electron chi connectivity index (χ0n) is 13.2. The van der Waals surface area contributed by atoms with Crippen LogP contribution in [-0.2, 0) is 16.6 Å². The summed E-state index contributed by atoms with van der Waals surface area (Å²) in [4.78, 5) is 14.5. The fourth-order valence-corrected chi connectivity index (χ4v) is 5.23. The highest BCUT2D eigenvalue weighted by atomic mass is 16.3. The van der Waals surface area contributed by atoms with Crippen molar-refractivity contribution in [3.8, 4) is 5.75 Å². The summed E-state index contributed by atoms with van der Waals surface area (Å²) < 4.78 is 0. The number of carbonyl (C=O) groups is 1. The number of likely N-dealkylation sites (N-methyl/N-ethyl adjacent to an activating group) is 1. The molecule has 2 N–H and O–H groups in total. The van der Waals surface area contributed by atoms with Gasteiger partial charge in [-0.3, -0.25) is 4.79 Å². The molecule has 4 nitrogen and oxygen atoms in total. The van der Waals surface area contributed by atoms with E-state index in [1.54, 1.807) is 0 Å². The summed E-state index contributed by atoms with van der Waals surface area (Å²) in [5.41, 5.74) is 1.26. The Bertz CT molecular complexity index is 671. The number of hydrogen-bond acceptors (Lipinski definition) is 4. The Balaban J connectivity index is 2.02. The lowest BCUT2D eigenvalue weighted by Crippen LogP contribution is -2.72. The lowest BCUT2D eigenvalue weighted by Gasteiger charge is -2.62. The first-order valence-corrected chi connectivity index (χ1v) is 8.15. The number of ketones is 1. The molecule has 2 aliphatic carbocycles. The molecular weight excluding hydrogens is 278 g/mol. The van der Waals surface area contributed by atoms with Crippen LogP contribution in [0.3, 0.4) is 0 Å². The fraction of sp³-hybridized carbons (Fsp3) is 0.611. The summed E-state index contributed by atoms with van der Waals surface area (Å²) in [5, 5.41) is 22.3. The summed E-state index contributed by atoms with van der Waals surface area (Å²) in [6.07, 6.45) is 2.79. The van der Waals surface area contributed by atoms with E-state index in [0.717, 1.165) is 36.1 Å². The molecular formula is C18H23NO3. The number of aliphatic hydroxyl groups is 1. The van der Waals surface area contributed by atoms with E-state index < -0.39 is 11.0 Å². The van der Waals surface area contributed by atoms with Gasteiger partial charge in [-0.15, -0.1) is 0 Å². The molecule has 1 aliphatic heterocycles. The molecule has 3 aliphatic rings. The number of carbonyl (C=O) groups excluding carboxylic acids is 1. The van der Waals surface area contributed by atoms with Crippen molar-refractivity contribution in [2.75, 3.05) is 13.6 Å². The second-order valence-electron chi connectivity index (χ2n) is 7.44. The van der Waals surface area contributed by atoms with Crippen LogP contribution in [0.2, 0.25) is 0 Å². The smallest absolute Gasteiger partial charge is 0.134 e. The number of Topliss-reactive ketones (excluding diaryl/α,β-unsaturated/α-hetero) is 1. The van der Waals surface area contributed by atoms with Gasteiger partial charge >= 0.3 is 0 Å². The molecule has 0 aromatic heterocycles. The first-order chi connectivity index (χ1) is 10.4. The van der Waals surface area contributed by atoms with Gasteiger partial charge in [-0.25, -0.2) is 0 Å². The van der Waals surface area contributed by atoms with E-state index in [1.165, 1.54) is 0 Å². The number of aromatic hydroxyl groups is 1. The predicted molar refractivity (Wildman–Crippen MR) is 83.1 cm³/mol. The van der Waals surface area contributed by atoms with Gasteiger partial charge in [-0.05, 0) is 50.9 Å². The number of rotatable bonds is 0. The van der Waals surface area contributed by atoms with Gasteiger partial charge in [0, 0.05) is 29.9 Å². The second-order valence-corrected chi connectivity index (χ2v) is 7.44. The highest BCUT2D eigenvalue weighted by molar-refractivity contribution is 5.83. The van der Waals surface area contributed by atoms with Gasteiger partial charge in [-0.1, -0.05) is 12.1 Å². The number of aryl methyl sites for hydroxylation is 1. The van der Waals surface area contributed by atoms with Gasteiger partial charge in [0.15, 0.2) is 0 Å². The van der Waals surface area contributed by atoms with Crippen molar-refractivity contribution in [3.63, 3.8) is 0 Å². The Morgan fingerprint density at radius 3 is 2.86 bits per heavy atom. The molecule has 2 fully saturated rings. The maximum absolute atomic E-state index is 12.2. The Hall–Kier alpha value is -1.39. The van der Waals surface area contributed by atoms with E-state index in [9.17, 15) is 15.0 Å². The van der Waals surface area contributed by atoms with Crippen LogP contribution in [0.5, 0.6) is 5.75 Å². The van der Waals surface area contributed by atoms with Crippen molar-refractivity contribution in [2.45, 2.75) is 56.1 Å². The average Bonchev–Trinajstić information content (AvgIpc) is 2.47. The van der Waals surface area contributed by atoms with Gasteiger partial charge in [-0.2, -0.15) is 0 Å². The number of piperidine rings is 1. The first kappa shape index (κ1) is 14.2. The molecule has 1 saturated carbocycles. The highest BCUT2D eigenvalue weighted by Gasteiger charge is 2.65. The van der Waals surface area contributed by atoms with Crippen molar-refractivity contribution >= 4 is 5.78 Å². The van der Waals surface area contributed by atoms with Crippen LogP contribution < -0.4 is 0 Å². The third-order valence-electron chi connectivity index (χ3n) is 6.45. The second kappa shape index (κ2) is 4.33. The molecule has 1 aromatic rings. The van der Waals surface area contributed by atoms with E-state index >= 15 is 0 Å². The summed E-state index contributed by atoms with van der Waals surface area (Å²) in [5.74, 6) is 0.496. The summed E-state index contributed by atoms with van der Waals surface area (Å²) in [6.45, 7) is 2.74. The van der Waals surface area contributed by atoms with Crippen LogP contribution in [0.25, 0.3) is 0 Å². The van der Waals surface area contributed by atoms with Crippen LogP contribution in [0.15, 0.2) is 12.1 Å². The van der Waals surface area contributed by atoms with E-state index in [0.29, 0.717) is 19.3 Å². The maximum atomic E-state index is 12.2. The summed E-state index contributed by atoms with van der Waals surface area (Å²) in [7, 11) is 2.06. The third kappa shape index (κ3) is 1.52. The molecule has 4 heteroatoms. The number of nitrogens with zero attached hydrogens (tertiary/aromatic N) is 1. The predicted octanol–water partition coefficient (Wildman–Crippen LogP) is 1.68. The minimum absolute atomic E-state index is 0.0314. The van der Waals surface area contributed by atoms with Crippen LogP contribution in [0, 0.1) is 6.92 Å². The number of fused-ring (bicyclic) bond motifs is 1. The zero-order chi connectivity index (χ0) is 15.7.